The Morgan fingerprint density at radius 2 is 2.21 bits per heavy atom. The fraction of sp³-hybridized carbons (Fsp3) is 0.562. The Labute approximate surface area is 114 Å². The van der Waals surface area contributed by atoms with Crippen LogP contribution in [0.5, 0.6) is 0 Å². The van der Waals surface area contributed by atoms with Gasteiger partial charge in [-0.2, -0.15) is 0 Å². The first-order valence-corrected chi connectivity index (χ1v) is 7.49. The summed E-state index contributed by atoms with van der Waals surface area (Å²) < 4.78 is 2.52. The summed E-state index contributed by atoms with van der Waals surface area (Å²) in [7, 11) is 0. The quantitative estimate of drug-likeness (QED) is 0.914. The molecule has 1 atom stereocenters. The van der Waals surface area contributed by atoms with Gasteiger partial charge in [0, 0.05) is 12.5 Å². The van der Waals surface area contributed by atoms with Crippen LogP contribution in [0.15, 0.2) is 18.2 Å². The van der Waals surface area contributed by atoms with Gasteiger partial charge in [-0.05, 0) is 62.9 Å². The van der Waals surface area contributed by atoms with Crippen molar-refractivity contribution < 1.29 is 0 Å². The first-order chi connectivity index (χ1) is 9.31. The third-order valence-electron chi connectivity index (χ3n) is 4.46. The van der Waals surface area contributed by atoms with Crippen molar-refractivity contribution in [2.24, 2.45) is 5.92 Å². The first kappa shape index (κ1) is 11.5. The molecule has 0 bridgehead atoms. The zero-order valence-electron chi connectivity index (χ0n) is 11.5. The van der Waals surface area contributed by atoms with E-state index < -0.39 is 0 Å². The maximum atomic E-state index is 4.93. The minimum atomic E-state index is 0.720. The molecule has 1 aromatic heterocycles. The molecule has 100 valence electrons. The molecule has 1 aromatic carbocycles. The summed E-state index contributed by atoms with van der Waals surface area (Å²) in [5, 5.41) is 3.46. The Kier molecular flexibility index (Phi) is 2.62. The molecule has 2 aromatic rings. The van der Waals surface area contributed by atoms with E-state index in [1.807, 2.05) is 0 Å². The van der Waals surface area contributed by atoms with Crippen LogP contribution in [-0.4, -0.2) is 22.6 Å². The fourth-order valence-electron chi connectivity index (χ4n) is 3.29. The molecule has 0 radical (unpaired) electrons. The summed E-state index contributed by atoms with van der Waals surface area (Å²) in [6.07, 6.45) is 5.09. The van der Waals surface area contributed by atoms with E-state index in [1.54, 1.807) is 0 Å². The molecule has 19 heavy (non-hydrogen) atoms. The number of imidazole rings is 1. The van der Waals surface area contributed by atoms with Crippen molar-refractivity contribution in [3.8, 4) is 0 Å². The Balaban J connectivity index is 1.77. The molecular weight excluding hydrogens is 234 g/mol. The average Bonchev–Trinajstić information content (AvgIpc) is 2.97. The smallest absolute Gasteiger partial charge is 0.110 e. The molecule has 2 aliphatic rings. The van der Waals surface area contributed by atoms with Gasteiger partial charge in [0.15, 0.2) is 0 Å². The second-order valence-corrected chi connectivity index (χ2v) is 6.18. The van der Waals surface area contributed by atoms with Crippen LogP contribution in [0.3, 0.4) is 0 Å². The van der Waals surface area contributed by atoms with Crippen molar-refractivity contribution >= 4 is 11.0 Å². The normalized spacial score (nSPS) is 23.3. The predicted octanol–water partition coefficient (Wildman–Crippen LogP) is 2.83. The Morgan fingerprint density at radius 3 is 2.95 bits per heavy atom. The maximum Gasteiger partial charge on any atom is 0.110 e. The van der Waals surface area contributed by atoms with Crippen LogP contribution >= 0.6 is 0 Å². The lowest BCUT2D eigenvalue weighted by molar-refractivity contribution is 0.540. The minimum absolute atomic E-state index is 0.720. The number of nitrogens with zero attached hydrogens (tertiary/aromatic N) is 2. The van der Waals surface area contributed by atoms with Crippen molar-refractivity contribution in [3.63, 3.8) is 0 Å². The highest BCUT2D eigenvalue weighted by Crippen LogP contribution is 2.39. The van der Waals surface area contributed by atoms with Crippen LogP contribution in [0.2, 0.25) is 0 Å². The summed E-state index contributed by atoms with van der Waals surface area (Å²) in [6.45, 7) is 4.48. The third-order valence-corrected chi connectivity index (χ3v) is 4.46. The van der Waals surface area contributed by atoms with Crippen LogP contribution in [0, 0.1) is 12.8 Å². The van der Waals surface area contributed by atoms with Gasteiger partial charge in [0.05, 0.1) is 11.0 Å². The van der Waals surface area contributed by atoms with Crippen LogP contribution in [0.1, 0.15) is 36.7 Å². The topological polar surface area (TPSA) is 29.9 Å². The number of benzene rings is 1. The number of rotatable bonds is 3. The van der Waals surface area contributed by atoms with E-state index >= 15 is 0 Å². The van der Waals surface area contributed by atoms with Crippen LogP contribution in [-0.2, 0) is 6.42 Å². The lowest BCUT2D eigenvalue weighted by atomic mass is 10.0. The molecule has 1 unspecified atom stereocenters. The van der Waals surface area contributed by atoms with Crippen LogP contribution < -0.4 is 5.32 Å². The molecule has 2 fully saturated rings. The largest absolute Gasteiger partial charge is 0.325 e. The van der Waals surface area contributed by atoms with Gasteiger partial charge in [-0.1, -0.05) is 6.07 Å². The molecule has 4 rings (SSSR count). The summed E-state index contributed by atoms with van der Waals surface area (Å²) in [6, 6.07) is 7.41. The first-order valence-electron chi connectivity index (χ1n) is 7.49. The maximum absolute atomic E-state index is 4.93. The van der Waals surface area contributed by atoms with E-state index in [0.29, 0.717) is 0 Å². The fourth-order valence-corrected chi connectivity index (χ4v) is 3.29. The molecule has 2 heterocycles. The van der Waals surface area contributed by atoms with E-state index in [4.69, 9.17) is 4.98 Å². The van der Waals surface area contributed by atoms with E-state index in [-0.39, 0.29) is 0 Å². The number of aromatic nitrogens is 2. The molecule has 1 aliphatic carbocycles. The van der Waals surface area contributed by atoms with Crippen molar-refractivity contribution in [2.45, 2.75) is 38.6 Å². The lowest BCUT2D eigenvalue weighted by Gasteiger charge is -2.11. The molecule has 3 nitrogen and oxygen atoms in total. The van der Waals surface area contributed by atoms with Gasteiger partial charge in [0.1, 0.15) is 5.82 Å². The molecule has 1 N–H and O–H groups in total. The van der Waals surface area contributed by atoms with Gasteiger partial charge in [-0.25, -0.2) is 4.98 Å². The third kappa shape index (κ3) is 2.06. The Hall–Kier alpha value is -1.35. The highest BCUT2D eigenvalue weighted by molar-refractivity contribution is 5.77. The SMILES string of the molecule is Cc1ccc2c(c1)nc(CC1CCNC1)n2C1CC1. The standard InChI is InChI=1S/C16H21N3/c1-11-2-5-15-14(8-11)18-16(19(15)13-3-4-13)9-12-6-7-17-10-12/h2,5,8,12-13,17H,3-4,6-7,9-10H2,1H3. The Morgan fingerprint density at radius 1 is 1.32 bits per heavy atom. The number of nitrogens with one attached hydrogen (secondary N) is 1. The second-order valence-electron chi connectivity index (χ2n) is 6.18. The lowest BCUT2D eigenvalue weighted by Crippen LogP contribution is -2.13. The number of fused-ring (bicyclic) bond motifs is 1. The van der Waals surface area contributed by atoms with Crippen molar-refractivity contribution in [3.05, 3.63) is 29.6 Å². The van der Waals surface area contributed by atoms with E-state index in [2.05, 4.69) is 35.0 Å². The van der Waals surface area contributed by atoms with Crippen molar-refractivity contribution in [1.29, 1.82) is 0 Å². The highest BCUT2D eigenvalue weighted by atomic mass is 15.1. The molecule has 1 saturated heterocycles. The van der Waals surface area contributed by atoms with Gasteiger partial charge in [0.25, 0.3) is 0 Å². The summed E-state index contributed by atoms with van der Waals surface area (Å²) in [4.78, 5) is 4.93. The second kappa shape index (κ2) is 4.34. The molecule has 0 amide bonds. The van der Waals surface area contributed by atoms with Crippen LogP contribution in [0.4, 0.5) is 0 Å². The van der Waals surface area contributed by atoms with Gasteiger partial charge >= 0.3 is 0 Å². The summed E-state index contributed by atoms with van der Waals surface area (Å²) >= 11 is 0. The van der Waals surface area contributed by atoms with Gasteiger partial charge in [-0.3, -0.25) is 0 Å². The van der Waals surface area contributed by atoms with Gasteiger partial charge < -0.3 is 9.88 Å². The number of hydrogen-bond donors (Lipinski definition) is 1. The Bertz CT molecular complexity index is 604. The molecule has 0 spiro atoms. The average molecular weight is 255 g/mol. The highest BCUT2D eigenvalue weighted by Gasteiger charge is 2.29. The molecule has 3 heteroatoms. The monoisotopic (exact) mass is 255 g/mol. The van der Waals surface area contributed by atoms with E-state index in [1.165, 1.54) is 48.2 Å². The van der Waals surface area contributed by atoms with Crippen molar-refractivity contribution in [1.82, 2.24) is 14.9 Å². The number of aryl methyl sites for hydroxylation is 1. The molecule has 1 saturated carbocycles. The summed E-state index contributed by atoms with van der Waals surface area (Å²) in [5.41, 5.74) is 3.84. The molecule has 1 aliphatic heterocycles. The zero-order chi connectivity index (χ0) is 12.8. The zero-order valence-corrected chi connectivity index (χ0v) is 11.5. The van der Waals surface area contributed by atoms with Gasteiger partial charge in [0.2, 0.25) is 0 Å². The summed E-state index contributed by atoms with van der Waals surface area (Å²) in [5.74, 6) is 2.09. The van der Waals surface area contributed by atoms with Crippen LogP contribution in [0.25, 0.3) is 11.0 Å². The molecular formula is C16H21N3. The predicted molar refractivity (Wildman–Crippen MR) is 77.4 cm³/mol. The number of hydrogen-bond acceptors (Lipinski definition) is 2. The van der Waals surface area contributed by atoms with Gasteiger partial charge in [-0.15, -0.1) is 0 Å². The van der Waals surface area contributed by atoms with E-state index in [0.717, 1.165) is 24.9 Å². The van der Waals surface area contributed by atoms with E-state index in [9.17, 15) is 0 Å². The minimum Gasteiger partial charge on any atom is -0.325 e. The van der Waals surface area contributed by atoms with Crippen molar-refractivity contribution in [2.75, 3.05) is 13.1 Å².